The minimum absolute atomic E-state index is 0.0791. The van der Waals surface area contributed by atoms with Crippen LogP contribution in [-0.2, 0) is 4.79 Å². The Morgan fingerprint density at radius 3 is 2.53 bits per heavy atom. The Morgan fingerprint density at radius 1 is 1.40 bits per heavy atom. The summed E-state index contributed by atoms with van der Waals surface area (Å²) < 4.78 is 1.07. The minimum atomic E-state index is 0.0791. The molecule has 1 aromatic rings. The van der Waals surface area contributed by atoms with Crippen molar-refractivity contribution in [3.8, 4) is 0 Å². The van der Waals surface area contributed by atoms with Gasteiger partial charge in [-0.05, 0) is 17.7 Å². The molecular weight excluding hydrogens is 254 g/mol. The van der Waals surface area contributed by atoms with Gasteiger partial charge in [0.25, 0.3) is 0 Å². The standard InChI is InChI=1S/C12H14BrNO/c1-10(15)14(2)9-3-4-11-5-7-12(13)8-6-11/h3-8H,9H2,1-2H3/b4-3+. The molecule has 0 N–H and O–H groups in total. The molecule has 2 nitrogen and oxygen atoms in total. The van der Waals surface area contributed by atoms with Crippen molar-refractivity contribution in [3.63, 3.8) is 0 Å². The molecule has 1 aromatic carbocycles. The maximum absolute atomic E-state index is 10.9. The normalized spacial score (nSPS) is 10.6. The second-order valence-electron chi connectivity index (χ2n) is 3.35. The van der Waals surface area contributed by atoms with Crippen molar-refractivity contribution in [2.24, 2.45) is 0 Å². The van der Waals surface area contributed by atoms with Crippen LogP contribution < -0.4 is 0 Å². The van der Waals surface area contributed by atoms with Crippen molar-refractivity contribution in [3.05, 3.63) is 40.4 Å². The molecule has 0 saturated carbocycles. The summed E-state index contributed by atoms with van der Waals surface area (Å²) in [5, 5.41) is 0. The van der Waals surface area contributed by atoms with Gasteiger partial charge in [-0.2, -0.15) is 0 Å². The molecule has 0 atom stereocenters. The number of nitrogens with zero attached hydrogens (tertiary/aromatic N) is 1. The molecule has 0 unspecified atom stereocenters. The number of hydrogen-bond acceptors (Lipinski definition) is 1. The number of rotatable bonds is 3. The lowest BCUT2D eigenvalue weighted by molar-refractivity contribution is -0.127. The molecule has 0 bridgehead atoms. The highest BCUT2D eigenvalue weighted by Crippen LogP contribution is 2.11. The van der Waals surface area contributed by atoms with E-state index in [2.05, 4.69) is 15.9 Å². The molecule has 0 heterocycles. The third kappa shape index (κ3) is 4.30. The van der Waals surface area contributed by atoms with E-state index in [0.29, 0.717) is 6.54 Å². The van der Waals surface area contributed by atoms with Gasteiger partial charge in [0.05, 0.1) is 0 Å². The summed E-state index contributed by atoms with van der Waals surface area (Å²) in [6, 6.07) is 8.03. The van der Waals surface area contributed by atoms with Crippen molar-refractivity contribution >= 4 is 27.9 Å². The molecule has 1 amide bonds. The second kappa shape index (κ2) is 5.71. The van der Waals surface area contributed by atoms with Crippen LogP contribution in [0.5, 0.6) is 0 Å². The number of amides is 1. The molecule has 0 spiro atoms. The Kier molecular flexibility index (Phi) is 4.56. The zero-order valence-corrected chi connectivity index (χ0v) is 10.5. The molecule has 15 heavy (non-hydrogen) atoms. The van der Waals surface area contributed by atoms with Gasteiger partial charge >= 0.3 is 0 Å². The minimum Gasteiger partial charge on any atom is -0.342 e. The largest absolute Gasteiger partial charge is 0.342 e. The summed E-state index contributed by atoms with van der Waals surface area (Å²) in [5.41, 5.74) is 1.13. The lowest BCUT2D eigenvalue weighted by atomic mass is 10.2. The SMILES string of the molecule is CC(=O)N(C)C/C=C/c1ccc(Br)cc1. The fourth-order valence-corrected chi connectivity index (χ4v) is 1.31. The highest BCUT2D eigenvalue weighted by atomic mass is 79.9. The average molecular weight is 268 g/mol. The van der Waals surface area contributed by atoms with Crippen molar-refractivity contribution < 1.29 is 4.79 Å². The van der Waals surface area contributed by atoms with Crippen LogP contribution in [0.4, 0.5) is 0 Å². The Balaban J connectivity index is 2.51. The maximum Gasteiger partial charge on any atom is 0.219 e. The van der Waals surface area contributed by atoms with Crippen LogP contribution in [0.1, 0.15) is 12.5 Å². The first-order valence-electron chi connectivity index (χ1n) is 4.73. The van der Waals surface area contributed by atoms with E-state index >= 15 is 0 Å². The lowest BCUT2D eigenvalue weighted by Gasteiger charge is -2.10. The van der Waals surface area contributed by atoms with Crippen LogP contribution in [0, 0.1) is 0 Å². The number of likely N-dealkylation sites (N-methyl/N-ethyl adjacent to an activating group) is 1. The molecule has 0 aromatic heterocycles. The molecule has 0 aliphatic carbocycles. The molecule has 3 heteroatoms. The van der Waals surface area contributed by atoms with E-state index < -0.39 is 0 Å². The molecule has 0 fully saturated rings. The van der Waals surface area contributed by atoms with Gasteiger partial charge in [-0.25, -0.2) is 0 Å². The Hall–Kier alpha value is -1.09. The Bertz CT molecular complexity index is 356. The van der Waals surface area contributed by atoms with Gasteiger partial charge in [0.15, 0.2) is 0 Å². The fourth-order valence-electron chi connectivity index (χ4n) is 1.05. The van der Waals surface area contributed by atoms with Gasteiger partial charge in [0.2, 0.25) is 5.91 Å². The van der Waals surface area contributed by atoms with Gasteiger partial charge in [0, 0.05) is 25.0 Å². The molecular formula is C12H14BrNO. The Morgan fingerprint density at radius 2 is 2.00 bits per heavy atom. The highest BCUT2D eigenvalue weighted by molar-refractivity contribution is 9.10. The summed E-state index contributed by atoms with van der Waals surface area (Å²) >= 11 is 3.38. The molecule has 0 aliphatic rings. The summed E-state index contributed by atoms with van der Waals surface area (Å²) in [6.07, 6.45) is 3.98. The van der Waals surface area contributed by atoms with Gasteiger partial charge in [-0.1, -0.05) is 40.2 Å². The topological polar surface area (TPSA) is 20.3 Å². The summed E-state index contributed by atoms with van der Waals surface area (Å²) in [4.78, 5) is 12.6. The first-order valence-corrected chi connectivity index (χ1v) is 5.52. The summed E-state index contributed by atoms with van der Waals surface area (Å²) in [6.45, 7) is 2.21. The number of benzene rings is 1. The average Bonchev–Trinajstić information content (AvgIpc) is 2.20. The molecule has 0 saturated heterocycles. The summed E-state index contributed by atoms with van der Waals surface area (Å²) in [5.74, 6) is 0.0791. The van der Waals surface area contributed by atoms with Crippen LogP contribution in [0.15, 0.2) is 34.8 Å². The maximum atomic E-state index is 10.9. The van der Waals surface area contributed by atoms with E-state index in [4.69, 9.17) is 0 Å². The smallest absolute Gasteiger partial charge is 0.219 e. The van der Waals surface area contributed by atoms with Gasteiger partial charge in [-0.3, -0.25) is 4.79 Å². The summed E-state index contributed by atoms with van der Waals surface area (Å²) in [7, 11) is 1.79. The third-order valence-corrected chi connectivity index (χ3v) is 2.63. The Labute approximate surface area is 98.7 Å². The number of halogens is 1. The van der Waals surface area contributed by atoms with Crippen LogP contribution in [0.3, 0.4) is 0 Å². The van der Waals surface area contributed by atoms with E-state index in [1.165, 1.54) is 0 Å². The molecule has 1 rings (SSSR count). The van der Waals surface area contributed by atoms with E-state index in [-0.39, 0.29) is 5.91 Å². The van der Waals surface area contributed by atoms with Crippen molar-refractivity contribution in [2.75, 3.05) is 13.6 Å². The number of hydrogen-bond donors (Lipinski definition) is 0. The quantitative estimate of drug-likeness (QED) is 0.825. The molecule has 80 valence electrons. The second-order valence-corrected chi connectivity index (χ2v) is 4.27. The van der Waals surface area contributed by atoms with Crippen molar-refractivity contribution in [1.82, 2.24) is 4.90 Å². The van der Waals surface area contributed by atoms with Crippen LogP contribution in [0.2, 0.25) is 0 Å². The van der Waals surface area contributed by atoms with Crippen LogP contribution in [-0.4, -0.2) is 24.4 Å². The van der Waals surface area contributed by atoms with Crippen molar-refractivity contribution in [2.45, 2.75) is 6.92 Å². The van der Waals surface area contributed by atoms with Crippen molar-refractivity contribution in [1.29, 1.82) is 0 Å². The van der Waals surface area contributed by atoms with Gasteiger partial charge in [-0.15, -0.1) is 0 Å². The first kappa shape index (κ1) is 12.0. The first-order chi connectivity index (χ1) is 7.09. The van der Waals surface area contributed by atoms with E-state index in [1.54, 1.807) is 18.9 Å². The molecule has 0 aliphatic heterocycles. The highest BCUT2D eigenvalue weighted by Gasteiger charge is 1.97. The number of carbonyl (C=O) groups excluding carboxylic acids is 1. The van der Waals surface area contributed by atoms with Crippen LogP contribution >= 0.6 is 15.9 Å². The lowest BCUT2D eigenvalue weighted by Crippen LogP contribution is -2.23. The monoisotopic (exact) mass is 267 g/mol. The zero-order chi connectivity index (χ0) is 11.3. The zero-order valence-electron chi connectivity index (χ0n) is 8.90. The van der Waals surface area contributed by atoms with E-state index in [0.717, 1.165) is 10.0 Å². The van der Waals surface area contributed by atoms with Crippen LogP contribution in [0.25, 0.3) is 6.08 Å². The predicted molar refractivity (Wildman–Crippen MR) is 66.5 cm³/mol. The predicted octanol–water partition coefficient (Wildman–Crippen LogP) is 2.94. The van der Waals surface area contributed by atoms with Gasteiger partial charge < -0.3 is 4.90 Å². The fraction of sp³-hybridized carbons (Fsp3) is 0.250. The van der Waals surface area contributed by atoms with Gasteiger partial charge in [0.1, 0.15) is 0 Å². The van der Waals surface area contributed by atoms with E-state index in [1.807, 2.05) is 36.4 Å². The number of carbonyl (C=O) groups is 1. The third-order valence-electron chi connectivity index (χ3n) is 2.10. The van der Waals surface area contributed by atoms with E-state index in [9.17, 15) is 4.79 Å². The molecule has 0 radical (unpaired) electrons.